The third-order valence-corrected chi connectivity index (χ3v) is 3.47. The molecule has 0 saturated heterocycles. The van der Waals surface area contributed by atoms with Gasteiger partial charge < -0.3 is 11.1 Å². The van der Waals surface area contributed by atoms with Gasteiger partial charge in [-0.2, -0.15) is 8.78 Å². The minimum absolute atomic E-state index is 0.0158. The number of hydrogen-bond acceptors (Lipinski definition) is 3. The Hall–Kier alpha value is -1.50. The maximum Gasteiger partial charge on any atom is 0.319 e. The third-order valence-electron chi connectivity index (χ3n) is 3.47. The lowest BCUT2D eigenvalue weighted by Crippen LogP contribution is -2.37. The second-order valence-electron chi connectivity index (χ2n) is 4.87. The molecule has 3 N–H and O–H groups in total. The number of carbonyl (C=O) groups is 1. The fraction of sp³-hybridized carbons (Fsp3) is 0.667. The van der Waals surface area contributed by atoms with Gasteiger partial charge in [-0.25, -0.2) is 4.98 Å². The van der Waals surface area contributed by atoms with E-state index >= 15 is 0 Å². The molecular formula is C12H18F2N4O. The normalized spacial score (nSPS) is 23.6. The van der Waals surface area contributed by atoms with Crippen molar-refractivity contribution < 1.29 is 13.6 Å². The summed E-state index contributed by atoms with van der Waals surface area (Å²) in [6.45, 7) is -2.63. The van der Waals surface area contributed by atoms with Crippen LogP contribution in [0, 0.1) is 5.92 Å². The highest BCUT2D eigenvalue weighted by atomic mass is 19.3. The molecule has 0 aliphatic heterocycles. The first kappa shape index (κ1) is 13.9. The fourth-order valence-electron chi connectivity index (χ4n) is 2.43. The van der Waals surface area contributed by atoms with Gasteiger partial charge in [0, 0.05) is 24.4 Å². The average Bonchev–Trinajstić information content (AvgIpc) is 2.84. The summed E-state index contributed by atoms with van der Waals surface area (Å²) in [5, 5.41) is 2.66. The van der Waals surface area contributed by atoms with Crippen LogP contribution in [0.15, 0.2) is 12.4 Å². The molecule has 0 bridgehead atoms. The molecule has 0 spiro atoms. The quantitative estimate of drug-likeness (QED) is 0.870. The van der Waals surface area contributed by atoms with E-state index in [4.69, 9.17) is 5.73 Å². The van der Waals surface area contributed by atoms with Gasteiger partial charge in [-0.1, -0.05) is 6.42 Å². The van der Waals surface area contributed by atoms with Gasteiger partial charge >= 0.3 is 6.55 Å². The Morgan fingerprint density at radius 3 is 3.05 bits per heavy atom. The summed E-state index contributed by atoms with van der Waals surface area (Å²) >= 11 is 0. The molecule has 7 heteroatoms. The number of hydrogen-bond donors (Lipinski definition) is 2. The van der Waals surface area contributed by atoms with Crippen LogP contribution in [0.4, 0.5) is 8.78 Å². The minimum Gasteiger partial charge on any atom is -0.349 e. The molecule has 5 nitrogen and oxygen atoms in total. The number of nitrogens with one attached hydrogen (secondary N) is 1. The molecule has 1 heterocycles. The zero-order valence-electron chi connectivity index (χ0n) is 10.6. The van der Waals surface area contributed by atoms with Crippen molar-refractivity contribution in [3.63, 3.8) is 0 Å². The van der Waals surface area contributed by atoms with Crippen molar-refractivity contribution in [1.82, 2.24) is 14.9 Å². The van der Waals surface area contributed by atoms with Crippen molar-refractivity contribution >= 4 is 5.91 Å². The van der Waals surface area contributed by atoms with Gasteiger partial charge in [-0.05, 0) is 19.3 Å². The summed E-state index contributed by atoms with van der Waals surface area (Å²) < 4.78 is 25.9. The zero-order valence-corrected chi connectivity index (χ0v) is 10.6. The molecule has 19 heavy (non-hydrogen) atoms. The summed E-state index contributed by atoms with van der Waals surface area (Å²) in [4.78, 5) is 15.7. The first-order valence-corrected chi connectivity index (χ1v) is 6.41. The van der Waals surface area contributed by atoms with E-state index in [1.54, 1.807) is 0 Å². The number of carbonyl (C=O) groups excluding carboxylic acids is 1. The molecule has 1 aliphatic carbocycles. The van der Waals surface area contributed by atoms with Gasteiger partial charge in [0.2, 0.25) is 5.91 Å². The highest BCUT2D eigenvalue weighted by Crippen LogP contribution is 2.23. The van der Waals surface area contributed by atoms with E-state index in [1.807, 2.05) is 0 Å². The molecule has 1 aromatic rings. The predicted molar refractivity (Wildman–Crippen MR) is 65.3 cm³/mol. The lowest BCUT2D eigenvalue weighted by atomic mass is 9.85. The van der Waals surface area contributed by atoms with E-state index in [-0.39, 0.29) is 30.2 Å². The molecule has 1 aromatic heterocycles. The maximum absolute atomic E-state index is 12.6. The zero-order chi connectivity index (χ0) is 13.8. The second kappa shape index (κ2) is 6.10. The van der Waals surface area contributed by atoms with Crippen LogP contribution in [0.2, 0.25) is 0 Å². The predicted octanol–water partition coefficient (Wildman–Crippen LogP) is 1.41. The number of alkyl halides is 2. The Balaban J connectivity index is 1.87. The summed E-state index contributed by atoms with van der Waals surface area (Å²) in [6, 6.07) is 0.0625. The van der Waals surface area contributed by atoms with Crippen LogP contribution in [-0.4, -0.2) is 21.5 Å². The number of nitrogens with two attached hydrogens (primary N) is 1. The molecule has 1 fully saturated rings. The van der Waals surface area contributed by atoms with Gasteiger partial charge in [-0.3, -0.25) is 9.36 Å². The van der Waals surface area contributed by atoms with Crippen molar-refractivity contribution in [3.8, 4) is 0 Å². The van der Waals surface area contributed by atoms with Gasteiger partial charge in [0.1, 0.15) is 5.82 Å². The van der Waals surface area contributed by atoms with Crippen LogP contribution in [0.25, 0.3) is 0 Å². The molecular weight excluding hydrogens is 254 g/mol. The van der Waals surface area contributed by atoms with Crippen LogP contribution in [0.1, 0.15) is 38.1 Å². The van der Waals surface area contributed by atoms with E-state index in [0.29, 0.717) is 6.42 Å². The molecule has 2 atom stereocenters. The van der Waals surface area contributed by atoms with Gasteiger partial charge in [0.05, 0.1) is 6.54 Å². The Kier molecular flexibility index (Phi) is 4.47. The number of halogens is 2. The Bertz CT molecular complexity index is 435. The molecule has 2 rings (SSSR count). The highest BCUT2D eigenvalue weighted by Gasteiger charge is 2.25. The number of aromatic nitrogens is 2. The van der Waals surface area contributed by atoms with E-state index in [1.165, 1.54) is 12.4 Å². The van der Waals surface area contributed by atoms with E-state index in [9.17, 15) is 13.6 Å². The van der Waals surface area contributed by atoms with Gasteiger partial charge in [0.15, 0.2) is 0 Å². The largest absolute Gasteiger partial charge is 0.349 e. The highest BCUT2D eigenvalue weighted by molar-refractivity contribution is 5.78. The number of rotatable bonds is 4. The molecule has 1 aliphatic rings. The molecule has 1 amide bonds. The van der Waals surface area contributed by atoms with Crippen LogP contribution in [0.3, 0.4) is 0 Å². The first-order valence-electron chi connectivity index (χ1n) is 6.41. The number of imidazole rings is 1. The second-order valence-corrected chi connectivity index (χ2v) is 4.87. The van der Waals surface area contributed by atoms with Crippen LogP contribution in [0.5, 0.6) is 0 Å². The van der Waals surface area contributed by atoms with E-state index < -0.39 is 6.55 Å². The summed E-state index contributed by atoms with van der Waals surface area (Å²) in [7, 11) is 0. The molecule has 1 saturated carbocycles. The summed E-state index contributed by atoms with van der Waals surface area (Å²) in [5.74, 6) is -0.0823. The Morgan fingerprint density at radius 2 is 2.37 bits per heavy atom. The minimum atomic E-state index is -2.64. The Morgan fingerprint density at radius 1 is 1.58 bits per heavy atom. The summed E-state index contributed by atoms with van der Waals surface area (Å²) in [6.07, 6.45) is 5.84. The summed E-state index contributed by atoms with van der Waals surface area (Å²) in [5.41, 5.74) is 5.82. The van der Waals surface area contributed by atoms with Crippen molar-refractivity contribution in [2.45, 2.75) is 44.8 Å². The van der Waals surface area contributed by atoms with Crippen molar-refractivity contribution in [2.75, 3.05) is 0 Å². The van der Waals surface area contributed by atoms with E-state index in [2.05, 4.69) is 10.3 Å². The molecule has 2 unspecified atom stereocenters. The van der Waals surface area contributed by atoms with Crippen molar-refractivity contribution in [2.24, 2.45) is 11.7 Å². The molecule has 0 aromatic carbocycles. The first-order chi connectivity index (χ1) is 9.08. The van der Waals surface area contributed by atoms with Crippen molar-refractivity contribution in [3.05, 3.63) is 18.2 Å². The molecule has 106 valence electrons. The van der Waals surface area contributed by atoms with Crippen LogP contribution < -0.4 is 11.1 Å². The average molecular weight is 272 g/mol. The standard InChI is InChI=1S/C12H18F2N4O/c13-12(14)18-5-4-16-10(18)7-17-11(19)8-2-1-3-9(15)6-8/h4-5,8-9,12H,1-3,6-7,15H2,(H,17,19). The molecule has 0 radical (unpaired) electrons. The fourth-order valence-corrected chi connectivity index (χ4v) is 2.43. The monoisotopic (exact) mass is 272 g/mol. The Labute approximate surface area is 110 Å². The lowest BCUT2D eigenvalue weighted by Gasteiger charge is -2.25. The number of nitrogens with zero attached hydrogens (tertiary/aromatic N) is 2. The van der Waals surface area contributed by atoms with Crippen molar-refractivity contribution in [1.29, 1.82) is 0 Å². The number of amides is 1. The topological polar surface area (TPSA) is 72.9 Å². The SMILES string of the molecule is NC1CCCC(C(=O)NCc2nccn2C(F)F)C1. The third kappa shape index (κ3) is 3.50. The lowest BCUT2D eigenvalue weighted by molar-refractivity contribution is -0.126. The van der Waals surface area contributed by atoms with Gasteiger partial charge in [-0.15, -0.1) is 0 Å². The smallest absolute Gasteiger partial charge is 0.319 e. The van der Waals surface area contributed by atoms with E-state index in [0.717, 1.165) is 23.8 Å². The van der Waals surface area contributed by atoms with Gasteiger partial charge in [0.25, 0.3) is 0 Å². The maximum atomic E-state index is 12.6. The van der Waals surface area contributed by atoms with Crippen LogP contribution in [-0.2, 0) is 11.3 Å². The van der Waals surface area contributed by atoms with Crippen LogP contribution >= 0.6 is 0 Å².